The van der Waals surface area contributed by atoms with Gasteiger partial charge >= 0.3 is 0 Å². The molecule has 0 spiro atoms. The van der Waals surface area contributed by atoms with Crippen molar-refractivity contribution in [2.45, 2.75) is 32.7 Å². The number of nitriles is 1. The Hall–Kier alpha value is -3.40. The molecular weight excluding hydrogens is 364 g/mol. The molecule has 29 heavy (non-hydrogen) atoms. The lowest BCUT2D eigenvalue weighted by Gasteiger charge is -2.37. The number of likely N-dealkylation sites (tertiary alicyclic amines) is 1. The minimum Gasteiger partial charge on any atom is -0.379 e. The molecule has 0 saturated carbocycles. The molecule has 7 heteroatoms. The summed E-state index contributed by atoms with van der Waals surface area (Å²) >= 11 is 0. The molecule has 3 aromatic rings. The monoisotopic (exact) mass is 388 g/mol. The third-order valence-electron chi connectivity index (χ3n) is 5.34. The van der Waals surface area contributed by atoms with E-state index in [2.05, 4.69) is 27.2 Å². The highest BCUT2D eigenvalue weighted by Crippen LogP contribution is 2.34. The number of nitrogens with zero attached hydrogens (tertiary/aromatic N) is 4. The van der Waals surface area contributed by atoms with Gasteiger partial charge in [-0.25, -0.2) is 4.98 Å². The second kappa shape index (κ2) is 7.92. The van der Waals surface area contributed by atoms with E-state index in [0.717, 1.165) is 40.1 Å². The van der Waals surface area contributed by atoms with Gasteiger partial charge in [0.1, 0.15) is 12.1 Å². The molecule has 1 amide bonds. The Labute approximate surface area is 169 Å². The van der Waals surface area contributed by atoms with Crippen LogP contribution in [-0.2, 0) is 4.79 Å². The predicted molar refractivity (Wildman–Crippen MR) is 112 cm³/mol. The number of fused-ring (bicyclic) bond motifs is 1. The Bertz CT molecular complexity index is 1080. The van der Waals surface area contributed by atoms with Crippen LogP contribution in [0.1, 0.15) is 25.5 Å². The summed E-state index contributed by atoms with van der Waals surface area (Å²) in [5.41, 5.74) is 4.53. The van der Waals surface area contributed by atoms with Crippen LogP contribution in [0.25, 0.3) is 22.3 Å². The number of anilines is 1. The summed E-state index contributed by atoms with van der Waals surface area (Å²) in [6.45, 7) is 5.39. The maximum Gasteiger partial charge on any atom is 0.236 e. The number of amides is 1. The van der Waals surface area contributed by atoms with Gasteiger partial charge in [-0.3, -0.25) is 9.78 Å². The van der Waals surface area contributed by atoms with Gasteiger partial charge in [0.25, 0.3) is 0 Å². The van der Waals surface area contributed by atoms with Gasteiger partial charge < -0.3 is 15.2 Å². The van der Waals surface area contributed by atoms with Crippen molar-refractivity contribution >= 4 is 22.6 Å². The second-order valence-electron chi connectivity index (χ2n) is 7.77. The topological polar surface area (TPSA) is 97.7 Å². The van der Waals surface area contributed by atoms with Crippen LogP contribution < -0.4 is 5.32 Å². The van der Waals surface area contributed by atoms with Crippen LogP contribution in [0.4, 0.5) is 5.69 Å². The maximum atomic E-state index is 12.3. The first-order valence-electron chi connectivity index (χ1n) is 9.86. The van der Waals surface area contributed by atoms with Crippen LogP contribution in [0.3, 0.4) is 0 Å². The van der Waals surface area contributed by atoms with Crippen LogP contribution in [-0.4, -0.2) is 44.9 Å². The number of nitrogens with one attached hydrogen (secondary N) is 2. The summed E-state index contributed by atoms with van der Waals surface area (Å²) in [6, 6.07) is 10.0. The Morgan fingerprint density at radius 1 is 1.38 bits per heavy atom. The SMILES string of the molecule is Cc1cccc(-c2cnc3[nH]ccc3c2N[C@@H]2C[C@H](C)CN(C(=O)CC#N)C2)n1. The highest BCUT2D eigenvalue weighted by Gasteiger charge is 2.28. The van der Waals surface area contributed by atoms with Gasteiger partial charge in [0.2, 0.25) is 5.91 Å². The van der Waals surface area contributed by atoms with Gasteiger partial charge in [-0.1, -0.05) is 13.0 Å². The highest BCUT2D eigenvalue weighted by atomic mass is 16.2. The smallest absolute Gasteiger partial charge is 0.236 e. The Balaban J connectivity index is 1.70. The van der Waals surface area contributed by atoms with E-state index in [1.54, 1.807) is 4.90 Å². The van der Waals surface area contributed by atoms with E-state index in [-0.39, 0.29) is 18.4 Å². The summed E-state index contributed by atoms with van der Waals surface area (Å²) in [6.07, 6.45) is 4.59. The molecule has 4 rings (SSSR count). The summed E-state index contributed by atoms with van der Waals surface area (Å²) in [7, 11) is 0. The van der Waals surface area contributed by atoms with Crippen LogP contribution in [0.15, 0.2) is 36.7 Å². The number of hydrogen-bond acceptors (Lipinski definition) is 5. The van der Waals surface area contributed by atoms with Crippen LogP contribution >= 0.6 is 0 Å². The number of aromatic nitrogens is 3. The molecule has 4 heterocycles. The van der Waals surface area contributed by atoms with Gasteiger partial charge in [-0.05, 0) is 37.5 Å². The minimum atomic E-state index is -0.104. The quantitative estimate of drug-likeness (QED) is 0.713. The van der Waals surface area contributed by atoms with Gasteiger partial charge in [0.05, 0.1) is 17.5 Å². The molecule has 1 aliphatic heterocycles. The lowest BCUT2D eigenvalue weighted by atomic mass is 9.95. The van der Waals surface area contributed by atoms with E-state index in [9.17, 15) is 4.79 Å². The van der Waals surface area contributed by atoms with E-state index < -0.39 is 0 Å². The fraction of sp³-hybridized carbons (Fsp3) is 0.364. The molecule has 7 nitrogen and oxygen atoms in total. The highest BCUT2D eigenvalue weighted by molar-refractivity contribution is 5.97. The number of H-pyrrole nitrogens is 1. The molecule has 3 aromatic heterocycles. The van der Waals surface area contributed by atoms with Crippen molar-refractivity contribution in [3.8, 4) is 17.3 Å². The minimum absolute atomic E-state index is 0.0742. The number of carbonyl (C=O) groups is 1. The van der Waals surface area contributed by atoms with E-state index in [1.807, 2.05) is 49.7 Å². The molecule has 0 aliphatic carbocycles. The first kappa shape index (κ1) is 18.9. The zero-order chi connectivity index (χ0) is 20.4. The van der Waals surface area contributed by atoms with E-state index in [4.69, 9.17) is 5.26 Å². The molecule has 0 radical (unpaired) electrons. The number of pyridine rings is 2. The summed E-state index contributed by atoms with van der Waals surface area (Å²) < 4.78 is 0. The number of aromatic amines is 1. The zero-order valence-electron chi connectivity index (χ0n) is 16.6. The number of aryl methyl sites for hydroxylation is 1. The van der Waals surface area contributed by atoms with Crippen molar-refractivity contribution in [3.05, 3.63) is 42.4 Å². The molecule has 0 aromatic carbocycles. The second-order valence-corrected chi connectivity index (χ2v) is 7.77. The number of hydrogen-bond donors (Lipinski definition) is 2. The van der Waals surface area contributed by atoms with Gasteiger partial charge in [0, 0.05) is 48.2 Å². The molecule has 0 bridgehead atoms. The Kier molecular flexibility index (Phi) is 5.17. The molecular formula is C22H24N6O. The average Bonchev–Trinajstić information content (AvgIpc) is 3.17. The maximum absolute atomic E-state index is 12.3. The predicted octanol–water partition coefficient (Wildman–Crippen LogP) is 3.50. The summed E-state index contributed by atoms with van der Waals surface area (Å²) in [4.78, 5) is 26.5. The summed E-state index contributed by atoms with van der Waals surface area (Å²) in [5, 5.41) is 13.6. The molecule has 2 N–H and O–H groups in total. The van der Waals surface area contributed by atoms with E-state index >= 15 is 0 Å². The first-order valence-corrected chi connectivity index (χ1v) is 9.86. The molecule has 0 unspecified atom stereocenters. The van der Waals surface area contributed by atoms with Crippen molar-refractivity contribution in [2.75, 3.05) is 18.4 Å². The molecule has 148 valence electrons. The molecule has 2 atom stereocenters. The molecule has 1 aliphatic rings. The fourth-order valence-electron chi connectivity index (χ4n) is 4.09. The van der Waals surface area contributed by atoms with Crippen molar-refractivity contribution < 1.29 is 4.79 Å². The fourth-order valence-corrected chi connectivity index (χ4v) is 4.09. The largest absolute Gasteiger partial charge is 0.379 e. The Morgan fingerprint density at radius 2 is 2.24 bits per heavy atom. The van der Waals surface area contributed by atoms with E-state index in [0.29, 0.717) is 19.0 Å². The molecule has 1 saturated heterocycles. The normalized spacial score (nSPS) is 19.1. The van der Waals surface area contributed by atoms with Crippen LogP contribution in [0.2, 0.25) is 0 Å². The standard InChI is InChI=1S/C22H24N6O/c1-14-10-16(13-28(12-14)20(29)6-8-23)27-21-17-7-9-24-22(17)25-11-18(21)19-5-3-4-15(2)26-19/h3-5,7,9,11,14,16H,6,10,12-13H2,1-2H3,(H2,24,25,27)/t14-,16+/m0/s1. The number of piperidine rings is 1. The van der Waals surface area contributed by atoms with Gasteiger partial charge in [0.15, 0.2) is 0 Å². The average molecular weight is 388 g/mol. The number of rotatable bonds is 4. The number of carbonyl (C=O) groups excluding carboxylic acids is 1. The van der Waals surface area contributed by atoms with Crippen molar-refractivity contribution in [1.29, 1.82) is 5.26 Å². The van der Waals surface area contributed by atoms with Crippen molar-refractivity contribution in [2.24, 2.45) is 5.92 Å². The van der Waals surface area contributed by atoms with Crippen LogP contribution in [0.5, 0.6) is 0 Å². The third kappa shape index (κ3) is 3.92. The van der Waals surface area contributed by atoms with Gasteiger partial charge in [-0.15, -0.1) is 0 Å². The third-order valence-corrected chi connectivity index (χ3v) is 5.34. The first-order chi connectivity index (χ1) is 14.0. The van der Waals surface area contributed by atoms with Gasteiger partial charge in [-0.2, -0.15) is 5.26 Å². The molecule has 1 fully saturated rings. The van der Waals surface area contributed by atoms with Crippen molar-refractivity contribution in [3.63, 3.8) is 0 Å². The lowest BCUT2D eigenvalue weighted by Crippen LogP contribution is -2.48. The lowest BCUT2D eigenvalue weighted by molar-refractivity contribution is -0.132. The van der Waals surface area contributed by atoms with E-state index in [1.165, 1.54) is 0 Å². The van der Waals surface area contributed by atoms with Crippen LogP contribution in [0, 0.1) is 24.2 Å². The zero-order valence-corrected chi connectivity index (χ0v) is 16.6. The Morgan fingerprint density at radius 3 is 3.03 bits per heavy atom. The summed E-state index contributed by atoms with van der Waals surface area (Å²) in [5.74, 6) is 0.251. The van der Waals surface area contributed by atoms with Crippen molar-refractivity contribution in [1.82, 2.24) is 19.9 Å².